The fraction of sp³-hybridized carbons (Fsp3) is 0.0909. The van der Waals surface area contributed by atoms with Crippen molar-refractivity contribution in [2.45, 2.75) is 26.2 Å². The van der Waals surface area contributed by atoms with Gasteiger partial charge in [-0.15, -0.1) is 41.3 Å². The van der Waals surface area contributed by atoms with Gasteiger partial charge in [-0.2, -0.15) is 6.07 Å². The summed E-state index contributed by atoms with van der Waals surface area (Å²) in [6, 6.07) is 51.4. The zero-order chi connectivity index (χ0) is 33.1. The van der Waals surface area contributed by atoms with Crippen LogP contribution in [0.25, 0.3) is 77.5 Å². The number of para-hydroxylation sites is 4. The Morgan fingerprint density at radius 3 is 2.06 bits per heavy atom. The third kappa shape index (κ3) is 5.30. The fourth-order valence-corrected chi connectivity index (χ4v) is 6.81. The number of hydrogen-bond donors (Lipinski definition) is 0. The van der Waals surface area contributed by atoms with Gasteiger partial charge in [0.25, 0.3) is 0 Å². The van der Waals surface area contributed by atoms with E-state index in [0.717, 1.165) is 77.5 Å². The molecule has 0 bridgehead atoms. The van der Waals surface area contributed by atoms with Crippen LogP contribution in [0.15, 0.2) is 144 Å². The van der Waals surface area contributed by atoms with Gasteiger partial charge in [-0.05, 0) is 75.6 Å². The van der Waals surface area contributed by atoms with Crippen molar-refractivity contribution >= 4 is 54.8 Å². The Morgan fingerprint density at radius 2 is 1.26 bits per heavy atom. The summed E-state index contributed by atoms with van der Waals surface area (Å²) < 4.78 is 11.2. The van der Waals surface area contributed by atoms with E-state index in [1.165, 1.54) is 5.56 Å². The Balaban J connectivity index is 0.00000361. The van der Waals surface area contributed by atoms with Crippen molar-refractivity contribution in [2.24, 2.45) is 0 Å². The minimum Gasteiger partial charge on any atom is -0.456 e. The number of aromatic nitrogens is 4. The predicted molar refractivity (Wildman–Crippen MR) is 200 cm³/mol. The molecule has 9 aromatic rings. The summed E-state index contributed by atoms with van der Waals surface area (Å²) >= 11 is 0. The molecular formula is C44H32N4OPt. The molecule has 5 nitrogen and oxygen atoms in total. The Bertz CT molecular complexity index is 2770. The number of hydrogen-bond acceptors (Lipinski definition) is 3. The van der Waals surface area contributed by atoms with E-state index in [4.69, 9.17) is 9.40 Å². The number of fused-ring (bicyclic) bond motifs is 7. The minimum atomic E-state index is -0.0336. The Kier molecular flexibility index (Phi) is 7.89. The van der Waals surface area contributed by atoms with Crippen LogP contribution in [0.4, 0.5) is 0 Å². The molecule has 0 N–H and O–H groups in total. The number of nitrogens with zero attached hydrogens (tertiary/aromatic N) is 4. The molecule has 0 atom stereocenters. The molecule has 0 spiro atoms. The average molecular weight is 828 g/mol. The van der Waals surface area contributed by atoms with E-state index in [1.807, 2.05) is 67.0 Å². The summed E-state index contributed by atoms with van der Waals surface area (Å²) in [5, 5.41) is 4.22. The van der Waals surface area contributed by atoms with E-state index in [2.05, 4.69) is 120 Å². The van der Waals surface area contributed by atoms with E-state index in [0.29, 0.717) is 0 Å². The topological polar surface area (TPSA) is 48.8 Å². The third-order valence-corrected chi connectivity index (χ3v) is 9.22. The molecule has 0 saturated carbocycles. The molecule has 4 aromatic heterocycles. The van der Waals surface area contributed by atoms with E-state index in [9.17, 15) is 0 Å². The van der Waals surface area contributed by atoms with Gasteiger partial charge < -0.3 is 18.5 Å². The zero-order valence-corrected chi connectivity index (χ0v) is 30.1. The predicted octanol–water partition coefficient (Wildman–Crippen LogP) is 11.1. The first-order valence-electron chi connectivity index (χ1n) is 16.5. The van der Waals surface area contributed by atoms with Crippen LogP contribution in [0.5, 0.6) is 0 Å². The molecule has 0 saturated heterocycles. The standard InChI is InChI=1S/C44H32N4O.Pt/c1-44(2,3)30-22-24-46-43(26-30)48-37-18-6-4-15-32(37)34-27-35-33-16-5-8-20-41(33)49-42-21-9-7-19-38(42)47(39(35)28-40(34)48)31-14-12-13-29(25-31)36-17-10-11-23-45-36;/h4-24,26-27H,1-3H3;/q-2;+2. The summed E-state index contributed by atoms with van der Waals surface area (Å²) in [5.74, 6) is 0.861. The normalized spacial score (nSPS) is 11.7. The first-order chi connectivity index (χ1) is 23.9. The third-order valence-electron chi connectivity index (χ3n) is 9.22. The van der Waals surface area contributed by atoms with E-state index in [-0.39, 0.29) is 26.5 Å². The smallest absolute Gasteiger partial charge is 0.456 e. The molecule has 5 aromatic carbocycles. The van der Waals surface area contributed by atoms with Crippen molar-refractivity contribution in [3.63, 3.8) is 0 Å². The Hall–Kier alpha value is -5.51. The quantitative estimate of drug-likeness (QED) is 0.167. The first kappa shape index (κ1) is 31.7. The van der Waals surface area contributed by atoms with Gasteiger partial charge >= 0.3 is 21.1 Å². The molecule has 0 amide bonds. The Morgan fingerprint density at radius 1 is 0.560 bits per heavy atom. The van der Waals surface area contributed by atoms with E-state index < -0.39 is 0 Å². The van der Waals surface area contributed by atoms with Crippen LogP contribution in [-0.4, -0.2) is 19.1 Å². The monoisotopic (exact) mass is 827 g/mol. The summed E-state index contributed by atoms with van der Waals surface area (Å²) in [6.45, 7) is 6.70. The molecule has 6 heteroatoms. The molecule has 0 fully saturated rings. The van der Waals surface area contributed by atoms with Gasteiger partial charge in [0, 0.05) is 17.9 Å². The molecule has 0 aliphatic rings. The second-order valence-corrected chi connectivity index (χ2v) is 13.4. The van der Waals surface area contributed by atoms with Gasteiger partial charge in [-0.25, -0.2) is 4.98 Å². The van der Waals surface area contributed by atoms with Crippen molar-refractivity contribution in [1.29, 1.82) is 0 Å². The summed E-state index contributed by atoms with van der Waals surface area (Å²) in [5.41, 5.74) is 9.13. The summed E-state index contributed by atoms with van der Waals surface area (Å²) in [4.78, 5) is 9.56. The van der Waals surface area contributed by atoms with Crippen molar-refractivity contribution in [3.05, 3.63) is 157 Å². The number of pyridine rings is 2. The van der Waals surface area contributed by atoms with Gasteiger partial charge in [0.05, 0.1) is 5.52 Å². The minimum absolute atomic E-state index is 0. The molecule has 0 aliphatic carbocycles. The van der Waals surface area contributed by atoms with Crippen molar-refractivity contribution < 1.29 is 25.5 Å². The summed E-state index contributed by atoms with van der Waals surface area (Å²) in [6.07, 6.45) is 3.73. The molecule has 244 valence electrons. The maximum absolute atomic E-state index is 6.73. The van der Waals surface area contributed by atoms with Crippen LogP contribution in [-0.2, 0) is 26.5 Å². The van der Waals surface area contributed by atoms with Crippen LogP contribution in [0.2, 0.25) is 0 Å². The second kappa shape index (κ2) is 12.4. The average Bonchev–Trinajstić information content (AvgIpc) is 3.45. The van der Waals surface area contributed by atoms with Crippen molar-refractivity contribution in [1.82, 2.24) is 19.1 Å². The molecule has 9 rings (SSSR count). The number of rotatable bonds is 3. The molecule has 50 heavy (non-hydrogen) atoms. The fourth-order valence-electron chi connectivity index (χ4n) is 6.81. The van der Waals surface area contributed by atoms with Crippen LogP contribution in [0.3, 0.4) is 0 Å². The molecule has 0 radical (unpaired) electrons. The molecule has 0 aliphatic heterocycles. The van der Waals surface area contributed by atoms with E-state index in [1.54, 1.807) is 0 Å². The number of benzene rings is 5. The second-order valence-electron chi connectivity index (χ2n) is 13.4. The molecular weight excluding hydrogens is 796 g/mol. The SMILES string of the molecule is CC(C)(C)c1ccnc(-n2c3[c-]c4c(cc3c3ccccc32)c2ccccc2oc2ccccc2n4-c2[c-]c(-c3ccccn3)ccc2)c1.[Pt+2]. The van der Waals surface area contributed by atoms with Crippen LogP contribution < -0.4 is 0 Å². The molecule has 4 heterocycles. The largest absolute Gasteiger partial charge is 2.00 e. The van der Waals surface area contributed by atoms with Crippen LogP contribution >= 0.6 is 0 Å². The Labute approximate surface area is 304 Å². The zero-order valence-electron chi connectivity index (χ0n) is 27.8. The maximum Gasteiger partial charge on any atom is 2.00 e. The van der Waals surface area contributed by atoms with Gasteiger partial charge in [0.1, 0.15) is 11.4 Å². The van der Waals surface area contributed by atoms with Gasteiger partial charge in [0.2, 0.25) is 0 Å². The summed E-state index contributed by atoms with van der Waals surface area (Å²) in [7, 11) is 0. The van der Waals surface area contributed by atoms with Crippen LogP contribution in [0, 0.1) is 12.1 Å². The maximum atomic E-state index is 6.73. The van der Waals surface area contributed by atoms with Crippen molar-refractivity contribution in [2.75, 3.05) is 0 Å². The molecule has 0 unspecified atom stereocenters. The van der Waals surface area contributed by atoms with Gasteiger partial charge in [-0.1, -0.05) is 97.9 Å². The first-order valence-corrected chi connectivity index (χ1v) is 16.5. The van der Waals surface area contributed by atoms with Gasteiger partial charge in [0.15, 0.2) is 5.58 Å². The van der Waals surface area contributed by atoms with Crippen LogP contribution in [0.1, 0.15) is 26.3 Å². The van der Waals surface area contributed by atoms with E-state index >= 15 is 0 Å². The van der Waals surface area contributed by atoms with Gasteiger partial charge in [-0.3, -0.25) is 0 Å². The van der Waals surface area contributed by atoms with Crippen molar-refractivity contribution in [3.8, 4) is 22.8 Å².